The Hall–Kier alpha value is -3.19. The molecule has 2 saturated heterocycles. The maximum Gasteiger partial charge on any atom is 0.147 e. The lowest BCUT2D eigenvalue weighted by Gasteiger charge is -2.47. The predicted octanol–water partition coefficient (Wildman–Crippen LogP) is 3.94. The highest BCUT2D eigenvalue weighted by Crippen LogP contribution is 2.35. The quantitative estimate of drug-likeness (QED) is 0.477. The molecule has 2 bridgehead atoms. The Balaban J connectivity index is 1.26. The highest BCUT2D eigenvalue weighted by molar-refractivity contribution is 6.31. The van der Waals surface area contributed by atoms with Gasteiger partial charge in [0, 0.05) is 49.3 Å². The number of anilines is 2. The van der Waals surface area contributed by atoms with Crippen LogP contribution in [-0.4, -0.2) is 50.9 Å². The molecule has 3 aromatic heterocycles. The molecule has 0 N–H and O–H groups in total. The first-order chi connectivity index (χ1) is 15.6. The summed E-state index contributed by atoms with van der Waals surface area (Å²) in [5.74, 6) is 2.05. The maximum atomic E-state index is 6.17. The van der Waals surface area contributed by atoms with Crippen molar-refractivity contribution in [2.45, 2.75) is 13.3 Å². The van der Waals surface area contributed by atoms with Crippen LogP contribution in [0.1, 0.15) is 12.1 Å². The van der Waals surface area contributed by atoms with Crippen molar-refractivity contribution < 1.29 is 0 Å². The van der Waals surface area contributed by atoms with Crippen LogP contribution >= 0.6 is 11.6 Å². The zero-order valence-corrected chi connectivity index (χ0v) is 18.6. The molecule has 2 aliphatic heterocycles. The second kappa shape index (κ2) is 7.74. The normalized spacial score (nSPS) is 20.7. The lowest BCUT2D eigenvalue weighted by atomic mass is 9.84. The number of benzene rings is 1. The van der Waals surface area contributed by atoms with Gasteiger partial charge in [0.1, 0.15) is 17.7 Å². The number of rotatable bonds is 3. The number of hydrogen-bond donors (Lipinski definition) is 0. The highest BCUT2D eigenvalue weighted by Gasteiger charge is 2.35. The van der Waals surface area contributed by atoms with Crippen molar-refractivity contribution in [3.05, 3.63) is 65.8 Å². The summed E-state index contributed by atoms with van der Waals surface area (Å²) in [5.41, 5.74) is 4.76. The van der Waals surface area contributed by atoms with E-state index in [2.05, 4.69) is 37.1 Å². The predicted molar refractivity (Wildman–Crippen MR) is 126 cm³/mol. The van der Waals surface area contributed by atoms with Crippen molar-refractivity contribution in [2.24, 2.45) is 11.8 Å². The molecule has 2 atom stereocenters. The van der Waals surface area contributed by atoms with Crippen molar-refractivity contribution in [1.82, 2.24) is 24.7 Å². The fourth-order valence-electron chi connectivity index (χ4n) is 5.10. The van der Waals surface area contributed by atoms with Crippen molar-refractivity contribution >= 4 is 34.1 Å². The van der Waals surface area contributed by atoms with E-state index in [4.69, 9.17) is 16.6 Å². The molecule has 32 heavy (non-hydrogen) atoms. The summed E-state index contributed by atoms with van der Waals surface area (Å²) in [6, 6.07) is 9.75. The van der Waals surface area contributed by atoms with Crippen LogP contribution in [0.15, 0.2) is 48.9 Å². The van der Waals surface area contributed by atoms with Gasteiger partial charge in [0.25, 0.3) is 0 Å². The summed E-state index contributed by atoms with van der Waals surface area (Å²) < 4.78 is 1.86. The molecule has 0 aliphatic carbocycles. The van der Waals surface area contributed by atoms with Gasteiger partial charge < -0.3 is 9.80 Å². The third-order valence-electron chi connectivity index (χ3n) is 6.40. The van der Waals surface area contributed by atoms with Crippen molar-refractivity contribution in [3.8, 4) is 5.69 Å². The summed E-state index contributed by atoms with van der Waals surface area (Å²) in [6.07, 6.45) is 10.1. The van der Waals surface area contributed by atoms with E-state index in [9.17, 15) is 0 Å². The topological polar surface area (TPSA) is 63.0 Å². The van der Waals surface area contributed by atoms with Gasteiger partial charge in [0.2, 0.25) is 0 Å². The number of halogens is 1. The molecule has 5 heterocycles. The lowest BCUT2D eigenvalue weighted by molar-refractivity contribution is 0.275. The first-order valence-corrected chi connectivity index (χ1v) is 11.3. The smallest absolute Gasteiger partial charge is 0.147 e. The fourth-order valence-corrected chi connectivity index (χ4v) is 5.27. The molecule has 0 spiro atoms. The second-order valence-corrected chi connectivity index (χ2v) is 9.27. The lowest BCUT2D eigenvalue weighted by Crippen LogP contribution is -2.53. The third kappa shape index (κ3) is 3.56. The number of hydrogen-bond acceptors (Lipinski definition) is 6. The molecule has 0 saturated carbocycles. The SMILES string of the molecule is Cc1cc(N2CC3CC(CN(c4cnc5ccc(Cl)cc5n4)C3)C2)c(-n2cccn2)[c]n1. The van der Waals surface area contributed by atoms with E-state index in [0.29, 0.717) is 16.9 Å². The number of pyridine rings is 1. The second-order valence-electron chi connectivity index (χ2n) is 8.83. The van der Waals surface area contributed by atoms with Crippen LogP contribution in [0.5, 0.6) is 0 Å². The first kappa shape index (κ1) is 19.5. The van der Waals surface area contributed by atoms with Crippen LogP contribution in [0.2, 0.25) is 5.02 Å². The third-order valence-corrected chi connectivity index (χ3v) is 6.63. The maximum absolute atomic E-state index is 6.17. The Morgan fingerprint density at radius 2 is 1.84 bits per heavy atom. The molecule has 4 aromatic rings. The molecule has 161 valence electrons. The summed E-state index contributed by atoms with van der Waals surface area (Å²) >= 11 is 6.17. The van der Waals surface area contributed by atoms with Crippen LogP contribution in [0.25, 0.3) is 16.7 Å². The summed E-state index contributed by atoms with van der Waals surface area (Å²) in [5, 5.41) is 5.10. The number of piperidine rings is 2. The molecule has 2 aliphatic rings. The van der Waals surface area contributed by atoms with E-state index < -0.39 is 0 Å². The van der Waals surface area contributed by atoms with Gasteiger partial charge in [-0.1, -0.05) is 11.6 Å². The summed E-state index contributed by atoms with van der Waals surface area (Å²) in [7, 11) is 0. The van der Waals surface area contributed by atoms with Gasteiger partial charge >= 0.3 is 0 Å². The van der Waals surface area contributed by atoms with Crippen LogP contribution in [0, 0.1) is 25.0 Å². The van der Waals surface area contributed by atoms with Crippen LogP contribution < -0.4 is 9.80 Å². The number of aromatic nitrogens is 5. The number of nitrogens with zero attached hydrogens (tertiary/aromatic N) is 7. The zero-order chi connectivity index (χ0) is 21.7. The molecule has 0 amide bonds. The fraction of sp³-hybridized carbons (Fsp3) is 0.333. The van der Waals surface area contributed by atoms with E-state index >= 15 is 0 Å². The van der Waals surface area contributed by atoms with Crippen LogP contribution in [-0.2, 0) is 0 Å². The molecule has 2 fully saturated rings. The van der Waals surface area contributed by atoms with Gasteiger partial charge in [-0.2, -0.15) is 5.10 Å². The van der Waals surface area contributed by atoms with Gasteiger partial charge in [0.05, 0.1) is 22.9 Å². The van der Waals surface area contributed by atoms with Gasteiger partial charge in [-0.15, -0.1) is 0 Å². The van der Waals surface area contributed by atoms with E-state index in [1.807, 2.05) is 48.3 Å². The van der Waals surface area contributed by atoms with E-state index in [0.717, 1.165) is 60.1 Å². The molecule has 2 unspecified atom stereocenters. The largest absolute Gasteiger partial charge is 0.369 e. The summed E-state index contributed by atoms with van der Waals surface area (Å²) in [4.78, 5) is 18.8. The molecule has 6 rings (SSSR count). The molecular weight excluding hydrogens is 422 g/mol. The van der Waals surface area contributed by atoms with Gasteiger partial charge in [0.15, 0.2) is 0 Å². The average molecular weight is 445 g/mol. The molecule has 8 heteroatoms. The Kier molecular flexibility index (Phi) is 4.72. The van der Waals surface area contributed by atoms with E-state index in [1.165, 1.54) is 6.42 Å². The Morgan fingerprint density at radius 3 is 2.62 bits per heavy atom. The van der Waals surface area contributed by atoms with Crippen LogP contribution in [0.4, 0.5) is 11.5 Å². The first-order valence-electron chi connectivity index (χ1n) is 10.9. The average Bonchev–Trinajstić information content (AvgIpc) is 3.32. The van der Waals surface area contributed by atoms with Crippen molar-refractivity contribution in [3.63, 3.8) is 0 Å². The van der Waals surface area contributed by atoms with Gasteiger partial charge in [-0.25, -0.2) is 14.6 Å². The molecule has 1 radical (unpaired) electrons. The summed E-state index contributed by atoms with van der Waals surface area (Å²) in [6.45, 7) is 5.94. The van der Waals surface area contributed by atoms with Crippen molar-refractivity contribution in [1.29, 1.82) is 0 Å². The Bertz CT molecular complexity index is 1260. The Morgan fingerprint density at radius 1 is 1.03 bits per heavy atom. The standard InChI is InChI=1S/C24H23ClN7/c1-16-7-22(23(10-26-16)32-6-2-5-28-32)30-12-17-8-18(13-30)15-31(14-17)24-11-27-20-4-3-19(25)9-21(20)29-24/h2-7,9,11,17-18H,8,12-15H2,1H3. The minimum Gasteiger partial charge on any atom is -0.369 e. The number of fused-ring (bicyclic) bond motifs is 3. The molecule has 1 aromatic carbocycles. The minimum atomic E-state index is 0.554. The Labute approximate surface area is 191 Å². The minimum absolute atomic E-state index is 0.554. The van der Waals surface area contributed by atoms with E-state index in [-0.39, 0.29) is 0 Å². The molecule has 7 nitrogen and oxygen atoms in total. The zero-order valence-electron chi connectivity index (χ0n) is 17.8. The number of aryl methyl sites for hydroxylation is 1. The van der Waals surface area contributed by atoms with Crippen LogP contribution in [0.3, 0.4) is 0 Å². The highest BCUT2D eigenvalue weighted by atomic mass is 35.5. The van der Waals surface area contributed by atoms with Gasteiger partial charge in [-0.05, 0) is 55.5 Å². The monoisotopic (exact) mass is 444 g/mol. The van der Waals surface area contributed by atoms with Crippen molar-refractivity contribution in [2.75, 3.05) is 36.0 Å². The van der Waals surface area contributed by atoms with E-state index in [1.54, 1.807) is 6.20 Å². The van der Waals surface area contributed by atoms with Gasteiger partial charge in [-0.3, -0.25) is 4.98 Å². The molecular formula is C24H23ClN7.